The summed E-state index contributed by atoms with van der Waals surface area (Å²) in [5.74, 6) is -0.180. The Labute approximate surface area is 167 Å². The fraction of sp³-hybridized carbons (Fsp3) is 0.435. The molecule has 2 aromatic rings. The minimum atomic E-state index is -0.980. The molecule has 28 heavy (non-hydrogen) atoms. The Morgan fingerprint density at radius 3 is 2.18 bits per heavy atom. The second kappa shape index (κ2) is 7.38. The highest BCUT2D eigenvalue weighted by atomic mass is 16.2. The maximum absolute atomic E-state index is 13.5. The van der Waals surface area contributed by atoms with Gasteiger partial charge in [-0.05, 0) is 53.6 Å². The molecule has 2 amide bonds. The van der Waals surface area contributed by atoms with Gasteiger partial charge in [-0.2, -0.15) is 0 Å². The lowest BCUT2D eigenvalue weighted by Crippen LogP contribution is -2.54. The Bertz CT molecular complexity index is 854. The smallest absolute Gasteiger partial charge is 0.255 e. The van der Waals surface area contributed by atoms with Gasteiger partial charge in [0.1, 0.15) is 5.54 Å². The molecule has 2 heterocycles. The molecule has 1 aliphatic rings. The van der Waals surface area contributed by atoms with Crippen molar-refractivity contribution in [3.63, 3.8) is 0 Å². The molecule has 0 N–H and O–H groups in total. The van der Waals surface area contributed by atoms with E-state index in [1.54, 1.807) is 36.3 Å². The molecule has 1 aromatic carbocycles. The zero-order valence-corrected chi connectivity index (χ0v) is 17.4. The first-order valence-electron chi connectivity index (χ1n) is 9.73. The zero-order valence-electron chi connectivity index (χ0n) is 17.4. The van der Waals surface area contributed by atoms with Crippen molar-refractivity contribution >= 4 is 11.8 Å². The SMILES string of the molecule is CN(C)C(=O)C1(c2ccncc2)CCCN1C(=O)c1ccc(C(C)(C)C)cc1. The number of likely N-dealkylation sites (tertiary alicyclic amines) is 1. The van der Waals surface area contributed by atoms with Crippen LogP contribution in [0.5, 0.6) is 0 Å². The van der Waals surface area contributed by atoms with Crippen molar-refractivity contribution in [3.05, 3.63) is 65.5 Å². The Hall–Kier alpha value is -2.69. The van der Waals surface area contributed by atoms with Gasteiger partial charge in [0.25, 0.3) is 11.8 Å². The molecule has 5 heteroatoms. The molecule has 1 saturated heterocycles. The summed E-state index contributed by atoms with van der Waals surface area (Å²) < 4.78 is 0. The number of rotatable bonds is 3. The van der Waals surface area contributed by atoms with Crippen LogP contribution < -0.4 is 0 Å². The van der Waals surface area contributed by atoms with Gasteiger partial charge < -0.3 is 9.80 Å². The molecular weight excluding hydrogens is 350 g/mol. The van der Waals surface area contributed by atoms with E-state index >= 15 is 0 Å². The van der Waals surface area contributed by atoms with Crippen LogP contribution >= 0.6 is 0 Å². The van der Waals surface area contributed by atoms with Crippen LogP contribution in [0.15, 0.2) is 48.8 Å². The predicted octanol–water partition coefficient (Wildman–Crippen LogP) is 3.60. The molecule has 0 bridgehead atoms. The lowest BCUT2D eigenvalue weighted by Gasteiger charge is -2.39. The van der Waals surface area contributed by atoms with Gasteiger partial charge >= 0.3 is 0 Å². The second-order valence-corrected chi connectivity index (χ2v) is 8.68. The number of carbonyl (C=O) groups is 2. The summed E-state index contributed by atoms with van der Waals surface area (Å²) in [7, 11) is 3.48. The standard InChI is InChI=1S/C23H29N3O2/c1-22(2,3)18-9-7-17(8-10-18)20(27)26-16-6-13-23(26,21(28)25(4)5)19-11-14-24-15-12-19/h7-12,14-15H,6,13,16H2,1-5H3. The van der Waals surface area contributed by atoms with Crippen molar-refractivity contribution in [3.8, 4) is 0 Å². The van der Waals surface area contributed by atoms with Crippen LogP contribution in [0, 0.1) is 0 Å². The second-order valence-electron chi connectivity index (χ2n) is 8.68. The predicted molar refractivity (Wildman–Crippen MR) is 110 cm³/mol. The van der Waals surface area contributed by atoms with Gasteiger partial charge in [0.05, 0.1) is 0 Å². The van der Waals surface area contributed by atoms with Crippen LogP contribution in [0.3, 0.4) is 0 Å². The minimum Gasteiger partial charge on any atom is -0.346 e. The highest BCUT2D eigenvalue weighted by molar-refractivity contribution is 6.00. The third-order valence-electron chi connectivity index (χ3n) is 5.54. The fourth-order valence-electron chi connectivity index (χ4n) is 4.01. The summed E-state index contributed by atoms with van der Waals surface area (Å²) in [5.41, 5.74) is 1.65. The van der Waals surface area contributed by atoms with E-state index in [1.165, 1.54) is 5.56 Å². The highest BCUT2D eigenvalue weighted by Gasteiger charge is 2.51. The Morgan fingerprint density at radius 1 is 1.04 bits per heavy atom. The lowest BCUT2D eigenvalue weighted by atomic mass is 9.85. The summed E-state index contributed by atoms with van der Waals surface area (Å²) >= 11 is 0. The van der Waals surface area contributed by atoms with Gasteiger partial charge in [-0.25, -0.2) is 0 Å². The number of likely N-dealkylation sites (N-methyl/N-ethyl adjacent to an activating group) is 1. The average molecular weight is 380 g/mol. The quantitative estimate of drug-likeness (QED) is 0.819. The maximum Gasteiger partial charge on any atom is 0.255 e. The number of amides is 2. The van der Waals surface area contributed by atoms with Gasteiger partial charge in [-0.15, -0.1) is 0 Å². The summed E-state index contributed by atoms with van der Waals surface area (Å²) in [5, 5.41) is 0. The van der Waals surface area contributed by atoms with Crippen molar-refractivity contribution in [2.45, 2.75) is 44.6 Å². The van der Waals surface area contributed by atoms with Crippen LogP contribution in [0.25, 0.3) is 0 Å². The molecule has 1 fully saturated rings. The Balaban J connectivity index is 2.03. The van der Waals surface area contributed by atoms with E-state index in [-0.39, 0.29) is 17.2 Å². The Kier molecular flexibility index (Phi) is 5.28. The molecule has 0 spiro atoms. The normalized spacial score (nSPS) is 19.5. The van der Waals surface area contributed by atoms with E-state index < -0.39 is 5.54 Å². The molecule has 3 rings (SSSR count). The first-order chi connectivity index (χ1) is 13.2. The highest BCUT2D eigenvalue weighted by Crippen LogP contribution is 2.41. The number of aromatic nitrogens is 1. The summed E-state index contributed by atoms with van der Waals surface area (Å²) in [6.45, 7) is 7.00. The number of benzene rings is 1. The molecular formula is C23H29N3O2. The Morgan fingerprint density at radius 2 is 1.64 bits per heavy atom. The molecule has 148 valence electrons. The summed E-state index contributed by atoms with van der Waals surface area (Å²) in [6.07, 6.45) is 4.76. The zero-order chi connectivity index (χ0) is 20.5. The molecule has 1 atom stereocenters. The van der Waals surface area contributed by atoms with Crippen LogP contribution in [0.2, 0.25) is 0 Å². The van der Waals surface area contributed by atoms with Gasteiger partial charge in [0.15, 0.2) is 0 Å². The average Bonchev–Trinajstić information content (AvgIpc) is 3.12. The van der Waals surface area contributed by atoms with Gasteiger partial charge in [-0.1, -0.05) is 32.9 Å². The third-order valence-corrected chi connectivity index (χ3v) is 5.54. The summed E-state index contributed by atoms with van der Waals surface area (Å²) in [4.78, 5) is 34.2. The lowest BCUT2D eigenvalue weighted by molar-refractivity contribution is -0.139. The molecule has 0 aliphatic carbocycles. The first-order valence-corrected chi connectivity index (χ1v) is 9.73. The number of hydrogen-bond donors (Lipinski definition) is 0. The van der Waals surface area contributed by atoms with E-state index in [0.717, 1.165) is 12.0 Å². The number of nitrogens with zero attached hydrogens (tertiary/aromatic N) is 3. The van der Waals surface area contributed by atoms with Crippen molar-refractivity contribution < 1.29 is 9.59 Å². The number of carbonyl (C=O) groups excluding carboxylic acids is 2. The monoisotopic (exact) mass is 379 g/mol. The van der Waals surface area contributed by atoms with Crippen molar-refractivity contribution in [2.75, 3.05) is 20.6 Å². The first kappa shape index (κ1) is 20.1. The van der Waals surface area contributed by atoms with Crippen molar-refractivity contribution in [1.29, 1.82) is 0 Å². The van der Waals surface area contributed by atoms with Crippen LogP contribution in [0.1, 0.15) is 55.1 Å². The topological polar surface area (TPSA) is 53.5 Å². The van der Waals surface area contributed by atoms with Crippen molar-refractivity contribution in [1.82, 2.24) is 14.8 Å². The number of hydrogen-bond acceptors (Lipinski definition) is 3. The molecule has 0 radical (unpaired) electrons. The van der Waals surface area contributed by atoms with Gasteiger partial charge in [0, 0.05) is 38.6 Å². The largest absolute Gasteiger partial charge is 0.346 e. The summed E-state index contributed by atoms with van der Waals surface area (Å²) in [6, 6.07) is 11.4. The molecule has 1 aliphatic heterocycles. The van der Waals surface area contributed by atoms with Gasteiger partial charge in [0.2, 0.25) is 0 Å². The number of pyridine rings is 1. The minimum absolute atomic E-state index is 0.0247. The molecule has 0 saturated carbocycles. The van der Waals surface area contributed by atoms with Crippen LogP contribution in [-0.4, -0.2) is 47.2 Å². The molecule has 1 aromatic heterocycles. The molecule has 1 unspecified atom stereocenters. The third kappa shape index (κ3) is 3.41. The van der Waals surface area contributed by atoms with Crippen LogP contribution in [-0.2, 0) is 15.7 Å². The van der Waals surface area contributed by atoms with Gasteiger partial charge in [-0.3, -0.25) is 14.6 Å². The molecule has 5 nitrogen and oxygen atoms in total. The fourth-order valence-corrected chi connectivity index (χ4v) is 4.01. The van der Waals surface area contributed by atoms with E-state index in [0.29, 0.717) is 18.5 Å². The van der Waals surface area contributed by atoms with E-state index in [9.17, 15) is 9.59 Å². The van der Waals surface area contributed by atoms with E-state index in [1.807, 2.05) is 36.4 Å². The van der Waals surface area contributed by atoms with Crippen LogP contribution in [0.4, 0.5) is 0 Å². The van der Waals surface area contributed by atoms with E-state index in [4.69, 9.17) is 0 Å². The van der Waals surface area contributed by atoms with E-state index in [2.05, 4.69) is 25.8 Å². The maximum atomic E-state index is 13.5. The van der Waals surface area contributed by atoms with Crippen molar-refractivity contribution in [2.24, 2.45) is 0 Å².